The number of aromatic carboxylic acids is 1. The molecule has 26 heavy (non-hydrogen) atoms. The van der Waals surface area contributed by atoms with E-state index in [1.807, 2.05) is 19.9 Å². The summed E-state index contributed by atoms with van der Waals surface area (Å²) in [5, 5.41) is 13.1. The van der Waals surface area contributed by atoms with Crippen molar-refractivity contribution in [2.75, 3.05) is 0 Å². The van der Waals surface area contributed by atoms with Gasteiger partial charge in [0.2, 0.25) is 0 Å². The molecule has 0 aliphatic heterocycles. The van der Waals surface area contributed by atoms with E-state index in [4.69, 9.17) is 11.6 Å². The number of carbonyl (C=O) groups excluding carboxylic acids is 1. The van der Waals surface area contributed by atoms with Gasteiger partial charge >= 0.3 is 29.6 Å². The molecule has 2 heterocycles. The summed E-state index contributed by atoms with van der Waals surface area (Å²) in [6.45, 7) is 3.71. The molecular formula is C18H13ClN3NaO2S. The summed E-state index contributed by atoms with van der Waals surface area (Å²) in [4.78, 5) is 24.6. The van der Waals surface area contributed by atoms with Crippen LogP contribution in [-0.2, 0) is 0 Å². The van der Waals surface area contributed by atoms with Crippen molar-refractivity contribution in [1.29, 1.82) is 0 Å². The number of nitrogens with zero attached hydrogens (tertiary/aromatic N) is 3. The normalized spacial score (nSPS) is 10.3. The van der Waals surface area contributed by atoms with Gasteiger partial charge in [-0.3, -0.25) is 0 Å². The van der Waals surface area contributed by atoms with Crippen molar-refractivity contribution in [3.05, 3.63) is 64.6 Å². The van der Waals surface area contributed by atoms with Gasteiger partial charge in [-0.1, -0.05) is 23.7 Å². The summed E-state index contributed by atoms with van der Waals surface area (Å²) < 4.78 is 0. The summed E-state index contributed by atoms with van der Waals surface area (Å²) >= 11 is 7.01. The van der Waals surface area contributed by atoms with E-state index in [0.29, 0.717) is 21.3 Å². The minimum atomic E-state index is -1.30. The minimum absolute atomic E-state index is 0. The minimum Gasteiger partial charge on any atom is -0.545 e. The number of carboxylic acids is 1. The van der Waals surface area contributed by atoms with Gasteiger partial charge in [-0.05, 0) is 61.0 Å². The molecule has 0 N–H and O–H groups in total. The molecule has 0 bridgehead atoms. The van der Waals surface area contributed by atoms with Crippen molar-refractivity contribution in [2.24, 2.45) is 0 Å². The Bertz CT molecular complexity index is 931. The molecule has 5 nitrogen and oxygen atoms in total. The summed E-state index contributed by atoms with van der Waals surface area (Å²) in [6, 6.07) is 10.4. The number of halogens is 1. The van der Waals surface area contributed by atoms with E-state index < -0.39 is 5.97 Å². The number of carboxylic acid groups (broad SMARTS) is 1. The van der Waals surface area contributed by atoms with Crippen molar-refractivity contribution < 1.29 is 39.5 Å². The molecule has 0 fully saturated rings. The molecule has 0 saturated heterocycles. The summed E-state index contributed by atoms with van der Waals surface area (Å²) in [7, 11) is 0. The third-order valence-electron chi connectivity index (χ3n) is 3.43. The molecule has 2 aromatic heterocycles. The van der Waals surface area contributed by atoms with E-state index in [2.05, 4.69) is 15.0 Å². The van der Waals surface area contributed by atoms with Crippen LogP contribution in [0.4, 0.5) is 0 Å². The van der Waals surface area contributed by atoms with Crippen molar-refractivity contribution >= 4 is 29.3 Å². The molecule has 0 unspecified atom stereocenters. The predicted octanol–water partition coefficient (Wildman–Crippen LogP) is 0.328. The van der Waals surface area contributed by atoms with Crippen LogP contribution in [0.2, 0.25) is 5.02 Å². The van der Waals surface area contributed by atoms with Crippen LogP contribution in [0.15, 0.2) is 52.8 Å². The number of carbonyl (C=O) groups is 1. The van der Waals surface area contributed by atoms with Crippen molar-refractivity contribution in [1.82, 2.24) is 15.0 Å². The third kappa shape index (κ3) is 4.84. The van der Waals surface area contributed by atoms with E-state index in [1.54, 1.807) is 36.5 Å². The van der Waals surface area contributed by atoms with Gasteiger partial charge in [0.15, 0.2) is 5.16 Å². The van der Waals surface area contributed by atoms with Gasteiger partial charge in [-0.15, -0.1) is 0 Å². The van der Waals surface area contributed by atoms with Crippen molar-refractivity contribution in [3.8, 4) is 11.1 Å². The van der Waals surface area contributed by atoms with Crippen LogP contribution >= 0.6 is 23.4 Å². The summed E-state index contributed by atoms with van der Waals surface area (Å²) in [6.07, 6.45) is 1.56. The molecule has 3 aromatic rings. The van der Waals surface area contributed by atoms with Crippen molar-refractivity contribution in [2.45, 2.75) is 24.0 Å². The third-order valence-corrected chi connectivity index (χ3v) is 4.55. The van der Waals surface area contributed by atoms with Gasteiger partial charge in [-0.2, -0.15) is 0 Å². The number of rotatable bonds is 4. The SMILES string of the molecule is Cc1cc(C)nc(Sc2nccc(-c3ccc(Cl)cc3)c2C(=O)[O-])n1.[Na+]. The Morgan fingerprint density at radius 2 is 1.69 bits per heavy atom. The van der Waals surface area contributed by atoms with E-state index in [0.717, 1.165) is 23.1 Å². The topological polar surface area (TPSA) is 78.8 Å². The second-order valence-corrected chi connectivity index (χ2v) is 6.76. The maximum atomic E-state index is 11.8. The summed E-state index contributed by atoms with van der Waals surface area (Å²) in [5.74, 6) is -1.30. The average Bonchev–Trinajstić information content (AvgIpc) is 2.54. The molecule has 0 aliphatic rings. The first-order valence-corrected chi connectivity index (χ1v) is 8.60. The zero-order chi connectivity index (χ0) is 18.0. The Morgan fingerprint density at radius 1 is 1.08 bits per heavy atom. The smallest absolute Gasteiger partial charge is 0.545 e. The molecule has 0 aliphatic carbocycles. The first-order valence-electron chi connectivity index (χ1n) is 7.40. The molecule has 126 valence electrons. The molecule has 0 saturated carbocycles. The van der Waals surface area contributed by atoms with Crippen LogP contribution in [-0.4, -0.2) is 20.9 Å². The molecule has 8 heteroatoms. The molecule has 1 aromatic carbocycles. The van der Waals surface area contributed by atoms with Crippen molar-refractivity contribution in [3.63, 3.8) is 0 Å². The van der Waals surface area contributed by atoms with Crippen LogP contribution in [0.1, 0.15) is 21.7 Å². The number of aromatic nitrogens is 3. The van der Waals surface area contributed by atoms with E-state index in [-0.39, 0.29) is 40.1 Å². The predicted molar refractivity (Wildman–Crippen MR) is 94.6 cm³/mol. The van der Waals surface area contributed by atoms with Gasteiger partial charge in [0.1, 0.15) is 5.03 Å². The van der Waals surface area contributed by atoms with Crippen LogP contribution in [0, 0.1) is 13.8 Å². The number of benzene rings is 1. The second-order valence-electron chi connectivity index (χ2n) is 5.37. The standard InChI is InChI=1S/C18H14ClN3O2S.Na/c1-10-9-11(2)22-18(21-10)25-16-15(17(23)24)14(7-8-20-16)12-3-5-13(19)6-4-12;/h3-9H,1-2H3,(H,23,24);/q;+1/p-1. The number of hydrogen-bond acceptors (Lipinski definition) is 6. The molecule has 0 atom stereocenters. The Balaban J connectivity index is 0.00000243. The Hall–Kier alpha value is -1.44. The van der Waals surface area contributed by atoms with Crippen LogP contribution < -0.4 is 34.7 Å². The maximum Gasteiger partial charge on any atom is 1.00 e. The zero-order valence-electron chi connectivity index (χ0n) is 14.5. The molecule has 0 spiro atoms. The van der Waals surface area contributed by atoms with Crippen LogP contribution in [0.25, 0.3) is 11.1 Å². The van der Waals surface area contributed by atoms with Gasteiger partial charge in [0, 0.05) is 28.2 Å². The fourth-order valence-electron chi connectivity index (χ4n) is 2.41. The van der Waals surface area contributed by atoms with Gasteiger partial charge < -0.3 is 9.90 Å². The zero-order valence-corrected chi connectivity index (χ0v) is 18.1. The molecule has 0 amide bonds. The number of pyridine rings is 1. The van der Waals surface area contributed by atoms with Gasteiger partial charge in [-0.25, -0.2) is 15.0 Å². The Labute approximate surface area is 182 Å². The van der Waals surface area contributed by atoms with E-state index >= 15 is 0 Å². The van der Waals surface area contributed by atoms with Gasteiger partial charge in [0.05, 0.1) is 5.97 Å². The average molecular weight is 394 g/mol. The largest absolute Gasteiger partial charge is 1.00 e. The second kappa shape index (κ2) is 8.97. The first-order chi connectivity index (χ1) is 11.9. The maximum absolute atomic E-state index is 11.8. The van der Waals surface area contributed by atoms with E-state index in [1.165, 1.54) is 0 Å². The number of aryl methyl sites for hydroxylation is 2. The number of hydrogen-bond donors (Lipinski definition) is 0. The molecule has 3 rings (SSSR count). The first kappa shape index (κ1) is 20.9. The monoisotopic (exact) mass is 393 g/mol. The Morgan fingerprint density at radius 3 is 2.27 bits per heavy atom. The quantitative estimate of drug-likeness (QED) is 0.469. The van der Waals surface area contributed by atoms with E-state index in [9.17, 15) is 9.90 Å². The van der Waals surface area contributed by atoms with Crippen LogP contribution in [0.3, 0.4) is 0 Å². The fraction of sp³-hybridized carbons (Fsp3) is 0.111. The summed E-state index contributed by atoms with van der Waals surface area (Å²) in [5.41, 5.74) is 2.85. The Kier molecular flexibility index (Phi) is 7.20. The van der Waals surface area contributed by atoms with Crippen LogP contribution in [0.5, 0.6) is 0 Å². The molecule has 0 radical (unpaired) electrons. The fourth-order valence-corrected chi connectivity index (χ4v) is 3.50. The molecular weight excluding hydrogens is 381 g/mol. The van der Waals surface area contributed by atoms with Gasteiger partial charge in [0.25, 0.3) is 0 Å².